The van der Waals surface area contributed by atoms with Crippen molar-refractivity contribution in [3.05, 3.63) is 60.1 Å². The monoisotopic (exact) mass is 409 g/mol. The second-order valence-electron chi connectivity index (χ2n) is 7.94. The zero-order chi connectivity index (χ0) is 20.9. The first kappa shape index (κ1) is 20.2. The number of carbonyl (C=O) groups is 3. The molecule has 1 unspecified atom stereocenters. The normalized spacial score (nSPS) is 19.7. The number of amides is 3. The van der Waals surface area contributed by atoms with E-state index in [1.807, 2.05) is 30.3 Å². The van der Waals surface area contributed by atoms with Gasteiger partial charge in [0.05, 0.1) is 6.26 Å². The van der Waals surface area contributed by atoms with Crippen LogP contribution in [0.2, 0.25) is 0 Å². The van der Waals surface area contributed by atoms with Crippen LogP contribution < -0.4 is 5.32 Å². The Hall–Kier alpha value is -3.09. The molecule has 7 heteroatoms. The summed E-state index contributed by atoms with van der Waals surface area (Å²) in [5.41, 5.74) is 1.07. The largest absolute Gasteiger partial charge is 0.459 e. The van der Waals surface area contributed by atoms with Crippen molar-refractivity contribution in [3.8, 4) is 0 Å². The van der Waals surface area contributed by atoms with E-state index in [-0.39, 0.29) is 29.4 Å². The maximum atomic E-state index is 13.1. The quantitative estimate of drug-likeness (QED) is 0.822. The van der Waals surface area contributed by atoms with Crippen molar-refractivity contribution in [3.63, 3.8) is 0 Å². The Labute approximate surface area is 176 Å². The van der Waals surface area contributed by atoms with Gasteiger partial charge < -0.3 is 19.5 Å². The van der Waals surface area contributed by atoms with Crippen LogP contribution in [0.4, 0.5) is 0 Å². The van der Waals surface area contributed by atoms with E-state index in [1.54, 1.807) is 21.9 Å². The average Bonchev–Trinajstić information content (AvgIpc) is 3.50. The molecule has 158 valence electrons. The number of likely N-dealkylation sites (tertiary alicyclic amines) is 2. The van der Waals surface area contributed by atoms with Gasteiger partial charge in [-0.1, -0.05) is 30.3 Å². The molecule has 4 rings (SSSR count). The fraction of sp³-hybridized carbons (Fsp3) is 0.435. The summed E-state index contributed by atoms with van der Waals surface area (Å²) in [6, 6.07) is 12.7. The Bertz CT molecular complexity index is 873. The Balaban J connectivity index is 1.28. The van der Waals surface area contributed by atoms with Crippen molar-refractivity contribution in [1.29, 1.82) is 0 Å². The summed E-state index contributed by atoms with van der Waals surface area (Å²) in [5.74, 6) is -0.0197. The second-order valence-corrected chi connectivity index (χ2v) is 7.94. The molecule has 0 bridgehead atoms. The van der Waals surface area contributed by atoms with E-state index in [9.17, 15) is 14.4 Å². The lowest BCUT2D eigenvalue weighted by molar-refractivity contribution is -0.138. The van der Waals surface area contributed by atoms with Crippen LogP contribution in [0.3, 0.4) is 0 Å². The molecular weight excluding hydrogens is 382 g/mol. The molecule has 2 aliphatic rings. The summed E-state index contributed by atoms with van der Waals surface area (Å²) in [6.45, 7) is 2.17. The van der Waals surface area contributed by atoms with Crippen LogP contribution in [0.15, 0.2) is 53.1 Å². The number of benzene rings is 1. The van der Waals surface area contributed by atoms with Crippen LogP contribution in [0, 0.1) is 5.92 Å². The summed E-state index contributed by atoms with van der Waals surface area (Å²) in [5, 5.41) is 3.00. The van der Waals surface area contributed by atoms with Crippen molar-refractivity contribution >= 4 is 17.7 Å². The molecule has 1 aromatic carbocycles. The van der Waals surface area contributed by atoms with Gasteiger partial charge in [-0.05, 0) is 43.4 Å². The molecule has 7 nitrogen and oxygen atoms in total. The van der Waals surface area contributed by atoms with E-state index in [4.69, 9.17) is 4.42 Å². The van der Waals surface area contributed by atoms with Gasteiger partial charge in [0.2, 0.25) is 11.8 Å². The lowest BCUT2D eigenvalue weighted by atomic mass is 9.95. The molecule has 0 spiro atoms. The Morgan fingerprint density at radius 3 is 2.43 bits per heavy atom. The van der Waals surface area contributed by atoms with Gasteiger partial charge in [-0.3, -0.25) is 14.4 Å². The van der Waals surface area contributed by atoms with E-state index >= 15 is 0 Å². The molecule has 1 atom stereocenters. The highest BCUT2D eigenvalue weighted by atomic mass is 16.3. The third-order valence-corrected chi connectivity index (χ3v) is 6.02. The molecule has 0 saturated carbocycles. The summed E-state index contributed by atoms with van der Waals surface area (Å²) in [6.07, 6.45) is 4.23. The second kappa shape index (κ2) is 9.15. The molecule has 2 aliphatic heterocycles. The Morgan fingerprint density at radius 1 is 0.967 bits per heavy atom. The van der Waals surface area contributed by atoms with E-state index < -0.39 is 6.04 Å². The molecule has 0 radical (unpaired) electrons. The zero-order valence-corrected chi connectivity index (χ0v) is 17.0. The fourth-order valence-corrected chi connectivity index (χ4v) is 4.31. The van der Waals surface area contributed by atoms with Crippen LogP contribution in [0.1, 0.15) is 41.8 Å². The number of rotatable bonds is 5. The standard InChI is InChI=1S/C23H27N3O4/c27-21(24-16-17-6-2-1-3-7-17)18-10-13-25(14-11-18)22(28)19-8-4-12-26(19)23(29)20-9-5-15-30-20/h1-3,5-7,9,15,18-19H,4,8,10-14,16H2,(H,24,27). The molecule has 2 saturated heterocycles. The lowest BCUT2D eigenvalue weighted by Crippen LogP contribution is -2.51. The van der Waals surface area contributed by atoms with Gasteiger partial charge in [0.1, 0.15) is 6.04 Å². The molecule has 3 heterocycles. The van der Waals surface area contributed by atoms with Crippen molar-refractivity contribution in [1.82, 2.24) is 15.1 Å². The highest BCUT2D eigenvalue weighted by molar-refractivity contribution is 5.96. The van der Waals surface area contributed by atoms with E-state index in [0.29, 0.717) is 45.4 Å². The fourth-order valence-electron chi connectivity index (χ4n) is 4.31. The van der Waals surface area contributed by atoms with E-state index in [0.717, 1.165) is 12.0 Å². The van der Waals surface area contributed by atoms with E-state index in [1.165, 1.54) is 6.26 Å². The molecule has 2 aromatic rings. The molecule has 3 amide bonds. The minimum atomic E-state index is -0.439. The summed E-state index contributed by atoms with van der Waals surface area (Å²) in [4.78, 5) is 41.6. The van der Waals surface area contributed by atoms with Crippen molar-refractivity contribution in [2.24, 2.45) is 5.92 Å². The number of nitrogens with zero attached hydrogens (tertiary/aromatic N) is 2. The predicted molar refractivity (Wildman–Crippen MR) is 110 cm³/mol. The smallest absolute Gasteiger partial charge is 0.290 e. The van der Waals surface area contributed by atoms with Gasteiger partial charge in [-0.25, -0.2) is 0 Å². The van der Waals surface area contributed by atoms with Crippen LogP contribution in [0.25, 0.3) is 0 Å². The van der Waals surface area contributed by atoms with Crippen LogP contribution in [-0.2, 0) is 16.1 Å². The van der Waals surface area contributed by atoms with Gasteiger partial charge in [0.15, 0.2) is 5.76 Å². The number of hydrogen-bond acceptors (Lipinski definition) is 4. The Morgan fingerprint density at radius 2 is 1.73 bits per heavy atom. The third kappa shape index (κ3) is 4.40. The molecule has 30 heavy (non-hydrogen) atoms. The maximum Gasteiger partial charge on any atom is 0.290 e. The van der Waals surface area contributed by atoms with Crippen LogP contribution in [-0.4, -0.2) is 53.2 Å². The SMILES string of the molecule is O=C(NCc1ccccc1)C1CCN(C(=O)C2CCCN2C(=O)c2ccco2)CC1. The summed E-state index contributed by atoms with van der Waals surface area (Å²) >= 11 is 0. The molecular formula is C23H27N3O4. The third-order valence-electron chi connectivity index (χ3n) is 6.02. The molecule has 2 fully saturated rings. The number of piperidine rings is 1. The number of carbonyl (C=O) groups excluding carboxylic acids is 3. The zero-order valence-electron chi connectivity index (χ0n) is 17.0. The van der Waals surface area contributed by atoms with Gasteiger partial charge >= 0.3 is 0 Å². The maximum absolute atomic E-state index is 13.1. The summed E-state index contributed by atoms with van der Waals surface area (Å²) < 4.78 is 5.22. The molecule has 0 aliphatic carbocycles. The van der Waals surface area contributed by atoms with Crippen molar-refractivity contribution in [2.75, 3.05) is 19.6 Å². The first-order chi connectivity index (χ1) is 14.6. The molecule has 1 N–H and O–H groups in total. The van der Waals surface area contributed by atoms with Crippen molar-refractivity contribution < 1.29 is 18.8 Å². The van der Waals surface area contributed by atoms with Gasteiger partial charge in [0.25, 0.3) is 5.91 Å². The first-order valence-electron chi connectivity index (χ1n) is 10.6. The predicted octanol–water partition coefficient (Wildman–Crippen LogP) is 2.44. The highest BCUT2D eigenvalue weighted by Crippen LogP contribution is 2.25. The first-order valence-corrected chi connectivity index (χ1v) is 10.6. The number of nitrogens with one attached hydrogen (secondary N) is 1. The average molecular weight is 409 g/mol. The molecule has 1 aromatic heterocycles. The van der Waals surface area contributed by atoms with Crippen molar-refractivity contribution in [2.45, 2.75) is 38.3 Å². The van der Waals surface area contributed by atoms with Gasteiger partial charge in [-0.2, -0.15) is 0 Å². The number of hydrogen-bond donors (Lipinski definition) is 1. The van der Waals surface area contributed by atoms with E-state index in [2.05, 4.69) is 5.32 Å². The number of furan rings is 1. The minimum Gasteiger partial charge on any atom is -0.459 e. The Kier molecular flexibility index (Phi) is 6.16. The highest BCUT2D eigenvalue weighted by Gasteiger charge is 2.39. The topological polar surface area (TPSA) is 82.9 Å². The van der Waals surface area contributed by atoms with Crippen LogP contribution >= 0.6 is 0 Å². The summed E-state index contributed by atoms with van der Waals surface area (Å²) in [7, 11) is 0. The lowest BCUT2D eigenvalue weighted by Gasteiger charge is -2.35. The van der Waals surface area contributed by atoms with Gasteiger partial charge in [-0.15, -0.1) is 0 Å². The minimum absolute atomic E-state index is 0.0180. The van der Waals surface area contributed by atoms with Crippen LogP contribution in [0.5, 0.6) is 0 Å². The van der Waals surface area contributed by atoms with Gasteiger partial charge in [0, 0.05) is 32.1 Å².